The van der Waals surface area contributed by atoms with Crippen molar-refractivity contribution in [1.29, 1.82) is 0 Å². The summed E-state index contributed by atoms with van der Waals surface area (Å²) in [5, 5.41) is 9.49. The summed E-state index contributed by atoms with van der Waals surface area (Å²) in [7, 11) is 1.58. The molecule has 2 aromatic carbocycles. The third-order valence-electron chi connectivity index (χ3n) is 5.59. The molecule has 0 atom stereocenters. The summed E-state index contributed by atoms with van der Waals surface area (Å²) in [5.41, 5.74) is 8.02. The predicted molar refractivity (Wildman–Crippen MR) is 136 cm³/mol. The van der Waals surface area contributed by atoms with Crippen LogP contribution in [0.15, 0.2) is 48.1 Å². The molecule has 0 radical (unpaired) electrons. The number of aromatic nitrogens is 2. The number of nitrogens with zero attached hydrogens (tertiary/aromatic N) is 2. The van der Waals surface area contributed by atoms with Gasteiger partial charge in [0.05, 0.1) is 42.5 Å². The van der Waals surface area contributed by atoms with Gasteiger partial charge >= 0.3 is 0 Å². The highest BCUT2D eigenvalue weighted by atomic mass is 32.1. The lowest BCUT2D eigenvalue weighted by Crippen LogP contribution is -2.19. The summed E-state index contributed by atoms with van der Waals surface area (Å²) >= 11 is 1.33. The van der Waals surface area contributed by atoms with Gasteiger partial charge in [-0.25, -0.2) is 9.37 Å². The number of methoxy groups -OCH3 is 1. The van der Waals surface area contributed by atoms with Crippen molar-refractivity contribution in [2.45, 2.75) is 25.3 Å². The van der Waals surface area contributed by atoms with Gasteiger partial charge in [0.2, 0.25) is 0 Å². The number of fused-ring (bicyclic) bond motifs is 1. The largest absolute Gasteiger partial charge is 0.493 e. The molecule has 0 unspecified atom stereocenters. The zero-order valence-electron chi connectivity index (χ0n) is 19.2. The maximum atomic E-state index is 14.9. The van der Waals surface area contributed by atoms with Crippen LogP contribution >= 0.6 is 11.3 Å². The minimum atomic E-state index is -0.491. The van der Waals surface area contributed by atoms with E-state index in [1.165, 1.54) is 30.2 Å². The van der Waals surface area contributed by atoms with Gasteiger partial charge in [-0.3, -0.25) is 4.98 Å². The second-order valence-electron chi connectivity index (χ2n) is 8.21. The van der Waals surface area contributed by atoms with Gasteiger partial charge in [0, 0.05) is 35.1 Å². The van der Waals surface area contributed by atoms with E-state index in [9.17, 15) is 4.39 Å². The molecule has 35 heavy (non-hydrogen) atoms. The van der Waals surface area contributed by atoms with Crippen molar-refractivity contribution >= 4 is 39.3 Å². The highest BCUT2D eigenvalue weighted by Crippen LogP contribution is 2.39. The molecule has 0 bridgehead atoms. The van der Waals surface area contributed by atoms with E-state index in [2.05, 4.69) is 20.6 Å². The first-order valence-corrected chi connectivity index (χ1v) is 12.2. The molecule has 10 heteroatoms. The molecule has 2 heterocycles. The van der Waals surface area contributed by atoms with Crippen LogP contribution in [0.4, 0.5) is 21.5 Å². The average Bonchev–Trinajstić information content (AvgIpc) is 3.54. The number of nitrogen functional groups attached to an aromatic ring is 1. The van der Waals surface area contributed by atoms with Crippen LogP contribution in [0.5, 0.6) is 22.4 Å². The minimum Gasteiger partial charge on any atom is -0.493 e. The number of hydrogen-bond donors (Lipinski definition) is 3. The van der Waals surface area contributed by atoms with Crippen LogP contribution in [0, 0.1) is 5.82 Å². The Morgan fingerprint density at radius 1 is 1.17 bits per heavy atom. The lowest BCUT2D eigenvalue weighted by atomic mass is 10.1. The molecule has 4 N–H and O–H groups in total. The van der Waals surface area contributed by atoms with E-state index in [1.54, 1.807) is 43.1 Å². The molecule has 5 rings (SSSR count). The summed E-state index contributed by atoms with van der Waals surface area (Å²) in [6, 6.07) is 8.85. The van der Waals surface area contributed by atoms with Crippen LogP contribution in [-0.2, 0) is 0 Å². The van der Waals surface area contributed by atoms with Crippen molar-refractivity contribution in [3.63, 3.8) is 0 Å². The van der Waals surface area contributed by atoms with Crippen LogP contribution in [0.2, 0.25) is 0 Å². The Kier molecular flexibility index (Phi) is 6.82. The molecule has 8 nitrogen and oxygen atoms in total. The molecule has 0 amide bonds. The molecule has 0 saturated heterocycles. The number of halogens is 1. The van der Waals surface area contributed by atoms with Gasteiger partial charge in [-0.2, -0.15) is 0 Å². The summed E-state index contributed by atoms with van der Waals surface area (Å²) in [4.78, 5) is 8.49. The smallest absolute Gasteiger partial charge is 0.278 e. The summed E-state index contributed by atoms with van der Waals surface area (Å²) in [5.74, 6) is 1.02. The Morgan fingerprint density at radius 3 is 2.80 bits per heavy atom. The van der Waals surface area contributed by atoms with Crippen LogP contribution in [0.1, 0.15) is 19.3 Å². The first-order valence-electron chi connectivity index (χ1n) is 11.4. The van der Waals surface area contributed by atoms with Crippen molar-refractivity contribution in [2.24, 2.45) is 0 Å². The Balaban J connectivity index is 1.35. The number of pyridine rings is 1. The third-order valence-corrected chi connectivity index (χ3v) is 6.23. The molecule has 1 aliphatic carbocycles. The van der Waals surface area contributed by atoms with Crippen LogP contribution in [0.3, 0.4) is 0 Å². The van der Waals surface area contributed by atoms with E-state index >= 15 is 0 Å². The van der Waals surface area contributed by atoms with E-state index < -0.39 is 5.82 Å². The lowest BCUT2D eigenvalue weighted by Gasteiger charge is -2.16. The minimum absolute atomic E-state index is 0.248. The maximum Gasteiger partial charge on any atom is 0.278 e. The molecule has 182 valence electrons. The molecular formula is C25H26FN5O3S. The number of ether oxygens (including phenoxy) is 3. The molecule has 1 aliphatic rings. The zero-order valence-corrected chi connectivity index (χ0v) is 20.0. The topological polar surface area (TPSA) is 104 Å². The van der Waals surface area contributed by atoms with Gasteiger partial charge in [0.25, 0.3) is 5.19 Å². The van der Waals surface area contributed by atoms with Gasteiger partial charge in [-0.05, 0) is 44.0 Å². The highest BCUT2D eigenvalue weighted by Gasteiger charge is 2.19. The van der Waals surface area contributed by atoms with E-state index in [4.69, 9.17) is 19.9 Å². The molecular weight excluding hydrogens is 469 g/mol. The standard InChI is InChI=1S/C25H26FN5O3S/c1-32-22-12-17-21(13-23(22)33-9-2-7-28-15-3-4-15)30-14-19(27)24(17)31-20-6-5-16(11-18(20)26)34-25-29-8-10-35-25/h5-6,8,10-15,28H,2-4,7,9,27H2,1H3,(H,30,31). The van der Waals surface area contributed by atoms with Gasteiger partial charge in [-0.1, -0.05) is 11.3 Å². The normalized spacial score (nSPS) is 13.1. The van der Waals surface area contributed by atoms with Gasteiger partial charge in [0.1, 0.15) is 11.6 Å². The Hall–Kier alpha value is -3.63. The third kappa shape index (κ3) is 5.55. The molecule has 1 fully saturated rings. The van der Waals surface area contributed by atoms with E-state index in [-0.39, 0.29) is 5.69 Å². The SMILES string of the molecule is COc1cc2c(Nc3ccc(Oc4nccs4)cc3F)c(N)cnc2cc1OCCCNC1CC1. The molecule has 2 aromatic heterocycles. The summed E-state index contributed by atoms with van der Waals surface area (Å²) in [6.45, 7) is 1.48. The number of hydrogen-bond acceptors (Lipinski definition) is 9. The lowest BCUT2D eigenvalue weighted by molar-refractivity contribution is 0.288. The van der Waals surface area contributed by atoms with E-state index in [0.29, 0.717) is 57.4 Å². The average molecular weight is 496 g/mol. The fourth-order valence-electron chi connectivity index (χ4n) is 3.63. The van der Waals surface area contributed by atoms with Crippen molar-refractivity contribution in [2.75, 3.05) is 31.3 Å². The summed E-state index contributed by atoms with van der Waals surface area (Å²) in [6.07, 6.45) is 6.58. The number of thiazole rings is 1. The maximum absolute atomic E-state index is 14.9. The van der Waals surface area contributed by atoms with Crippen molar-refractivity contribution in [1.82, 2.24) is 15.3 Å². The van der Waals surface area contributed by atoms with Crippen molar-refractivity contribution in [3.05, 3.63) is 53.9 Å². The van der Waals surface area contributed by atoms with Gasteiger partial charge in [0.15, 0.2) is 11.5 Å². The second-order valence-corrected chi connectivity index (χ2v) is 9.06. The molecule has 4 aromatic rings. The highest BCUT2D eigenvalue weighted by molar-refractivity contribution is 7.11. The quantitative estimate of drug-likeness (QED) is 0.235. The van der Waals surface area contributed by atoms with Crippen LogP contribution in [0.25, 0.3) is 10.9 Å². The van der Waals surface area contributed by atoms with Crippen molar-refractivity contribution < 1.29 is 18.6 Å². The Bertz CT molecular complexity index is 1310. The number of benzene rings is 2. The number of nitrogens with two attached hydrogens (primary N) is 1. The fraction of sp³-hybridized carbons (Fsp3) is 0.280. The number of rotatable bonds is 11. The fourth-order valence-corrected chi connectivity index (χ4v) is 4.14. The predicted octanol–water partition coefficient (Wildman–Crippen LogP) is 5.48. The molecule has 0 spiro atoms. The summed E-state index contributed by atoms with van der Waals surface area (Å²) < 4.78 is 32.0. The molecule has 1 saturated carbocycles. The number of nitrogens with one attached hydrogen (secondary N) is 2. The number of anilines is 3. The Labute approximate surface area is 206 Å². The first-order chi connectivity index (χ1) is 17.1. The van der Waals surface area contributed by atoms with Crippen molar-refractivity contribution in [3.8, 4) is 22.4 Å². The Morgan fingerprint density at radius 2 is 2.06 bits per heavy atom. The first kappa shape index (κ1) is 23.1. The van der Waals surface area contributed by atoms with Gasteiger partial charge in [-0.15, -0.1) is 0 Å². The zero-order chi connectivity index (χ0) is 24.2. The van der Waals surface area contributed by atoms with Gasteiger partial charge < -0.3 is 30.6 Å². The van der Waals surface area contributed by atoms with Crippen LogP contribution in [-0.4, -0.2) is 36.3 Å². The van der Waals surface area contributed by atoms with E-state index in [0.717, 1.165) is 13.0 Å². The second kappa shape index (κ2) is 10.3. The van der Waals surface area contributed by atoms with Crippen LogP contribution < -0.4 is 30.6 Å². The van der Waals surface area contributed by atoms with E-state index in [1.807, 2.05) is 6.07 Å². The molecule has 0 aliphatic heterocycles. The monoisotopic (exact) mass is 495 g/mol.